The van der Waals surface area contributed by atoms with Gasteiger partial charge in [0.15, 0.2) is 0 Å². The Kier molecular flexibility index (Phi) is 4.39. The number of nitrogens with one attached hydrogen (secondary N) is 2. The van der Waals surface area contributed by atoms with E-state index in [1.165, 1.54) is 5.56 Å². The van der Waals surface area contributed by atoms with E-state index in [0.717, 1.165) is 29.4 Å². The van der Waals surface area contributed by atoms with Gasteiger partial charge in [-0.05, 0) is 31.0 Å². The monoisotopic (exact) mass is 263 g/mol. The average molecular weight is 264 g/mol. The van der Waals surface area contributed by atoms with Crippen LogP contribution in [0.3, 0.4) is 0 Å². The first-order chi connectivity index (χ1) is 8.70. The van der Waals surface area contributed by atoms with Crippen molar-refractivity contribution in [3.63, 3.8) is 0 Å². The van der Waals surface area contributed by atoms with E-state index in [1.54, 1.807) is 6.33 Å². The summed E-state index contributed by atoms with van der Waals surface area (Å²) in [7, 11) is 0. The van der Waals surface area contributed by atoms with E-state index in [9.17, 15) is 0 Å². The highest BCUT2D eigenvalue weighted by molar-refractivity contribution is 6.30. The number of aryl methyl sites for hydroxylation is 1. The summed E-state index contributed by atoms with van der Waals surface area (Å²) in [5, 5.41) is 4.30. The molecule has 0 spiro atoms. The van der Waals surface area contributed by atoms with Crippen LogP contribution in [0, 0.1) is 6.92 Å². The molecule has 1 aromatic heterocycles. The van der Waals surface area contributed by atoms with Gasteiger partial charge in [0.2, 0.25) is 0 Å². The molecule has 0 bridgehead atoms. The molecule has 0 saturated carbocycles. The molecule has 0 aliphatic rings. The Bertz CT molecular complexity index is 507. The lowest BCUT2D eigenvalue weighted by atomic mass is 10.0. The van der Waals surface area contributed by atoms with Gasteiger partial charge in [-0.3, -0.25) is 0 Å². The third kappa shape index (κ3) is 3.12. The van der Waals surface area contributed by atoms with Crippen molar-refractivity contribution in [1.29, 1.82) is 0 Å². The third-order valence-electron chi connectivity index (χ3n) is 3.11. The van der Waals surface area contributed by atoms with Crippen molar-refractivity contribution in [3.8, 4) is 0 Å². The normalized spacial score (nSPS) is 12.6. The summed E-state index contributed by atoms with van der Waals surface area (Å²) in [6.45, 7) is 4.96. The second-order valence-electron chi connectivity index (χ2n) is 4.37. The molecule has 3 nitrogen and oxygen atoms in total. The zero-order valence-electron chi connectivity index (χ0n) is 10.7. The van der Waals surface area contributed by atoms with Gasteiger partial charge in [0.05, 0.1) is 12.0 Å². The smallest absolute Gasteiger partial charge is 0.0925 e. The topological polar surface area (TPSA) is 40.7 Å². The van der Waals surface area contributed by atoms with E-state index < -0.39 is 0 Å². The molecule has 0 aliphatic carbocycles. The fourth-order valence-electron chi connectivity index (χ4n) is 2.01. The highest BCUT2D eigenvalue weighted by Gasteiger charge is 2.10. The van der Waals surface area contributed by atoms with Crippen molar-refractivity contribution >= 4 is 11.6 Å². The maximum Gasteiger partial charge on any atom is 0.0925 e. The van der Waals surface area contributed by atoms with Crippen molar-refractivity contribution in [2.24, 2.45) is 0 Å². The lowest BCUT2D eigenvalue weighted by Crippen LogP contribution is -2.20. The molecule has 1 heterocycles. The number of imidazole rings is 1. The third-order valence-corrected chi connectivity index (χ3v) is 3.34. The van der Waals surface area contributed by atoms with Crippen LogP contribution >= 0.6 is 11.6 Å². The number of aromatic amines is 1. The zero-order valence-corrected chi connectivity index (χ0v) is 11.5. The van der Waals surface area contributed by atoms with Crippen LogP contribution in [-0.2, 0) is 6.54 Å². The Labute approximate surface area is 113 Å². The van der Waals surface area contributed by atoms with Crippen LogP contribution in [0.25, 0.3) is 0 Å². The molecule has 1 aromatic carbocycles. The van der Waals surface area contributed by atoms with Crippen LogP contribution in [0.4, 0.5) is 0 Å². The predicted octanol–water partition coefficient (Wildman–Crippen LogP) is 3.61. The van der Waals surface area contributed by atoms with Crippen LogP contribution in [0.1, 0.15) is 36.3 Å². The number of H-pyrrole nitrogens is 1. The number of nitrogens with zero attached hydrogens (tertiary/aromatic N) is 1. The van der Waals surface area contributed by atoms with Gasteiger partial charge < -0.3 is 10.3 Å². The molecular formula is C14H18ClN3. The van der Waals surface area contributed by atoms with E-state index in [-0.39, 0.29) is 0 Å². The first-order valence-electron chi connectivity index (χ1n) is 6.18. The molecule has 0 fully saturated rings. The van der Waals surface area contributed by atoms with Gasteiger partial charge in [0.25, 0.3) is 0 Å². The minimum absolute atomic E-state index is 0.305. The molecular weight excluding hydrogens is 246 g/mol. The summed E-state index contributed by atoms with van der Waals surface area (Å²) in [4.78, 5) is 7.38. The Morgan fingerprint density at radius 3 is 2.89 bits per heavy atom. The molecule has 4 heteroatoms. The fourth-order valence-corrected chi connectivity index (χ4v) is 2.21. The number of hydrogen-bond acceptors (Lipinski definition) is 2. The zero-order chi connectivity index (χ0) is 13.0. The summed E-state index contributed by atoms with van der Waals surface area (Å²) in [5.74, 6) is 0. The van der Waals surface area contributed by atoms with Gasteiger partial charge in [0, 0.05) is 23.3 Å². The van der Waals surface area contributed by atoms with Crippen molar-refractivity contribution in [2.45, 2.75) is 32.9 Å². The Morgan fingerprint density at radius 2 is 2.28 bits per heavy atom. The molecule has 2 aromatic rings. The number of halogens is 1. The van der Waals surface area contributed by atoms with Gasteiger partial charge in [-0.15, -0.1) is 0 Å². The van der Waals surface area contributed by atoms with Gasteiger partial charge >= 0.3 is 0 Å². The molecule has 0 saturated heterocycles. The molecule has 0 radical (unpaired) electrons. The maximum absolute atomic E-state index is 6.03. The van der Waals surface area contributed by atoms with Crippen LogP contribution in [-0.4, -0.2) is 9.97 Å². The molecule has 1 atom stereocenters. The number of hydrogen-bond donors (Lipinski definition) is 2. The van der Waals surface area contributed by atoms with Crippen molar-refractivity contribution in [3.05, 3.63) is 52.6 Å². The summed E-state index contributed by atoms with van der Waals surface area (Å²) in [6, 6.07) is 8.31. The van der Waals surface area contributed by atoms with Gasteiger partial charge in [-0.25, -0.2) is 4.98 Å². The van der Waals surface area contributed by atoms with Crippen LogP contribution < -0.4 is 5.32 Å². The van der Waals surface area contributed by atoms with E-state index in [1.807, 2.05) is 25.1 Å². The molecule has 96 valence electrons. The second-order valence-corrected chi connectivity index (χ2v) is 4.81. The van der Waals surface area contributed by atoms with Gasteiger partial charge in [0.1, 0.15) is 0 Å². The second kappa shape index (κ2) is 6.03. The molecule has 2 rings (SSSR count). The van der Waals surface area contributed by atoms with Crippen LogP contribution in [0.2, 0.25) is 5.02 Å². The molecule has 1 unspecified atom stereocenters. The number of rotatable bonds is 5. The summed E-state index contributed by atoms with van der Waals surface area (Å²) < 4.78 is 0. The standard InChI is InChI=1S/C14H18ClN3/c1-3-13(11-5-4-6-12(15)7-11)16-8-14-10(2)17-9-18-14/h4-7,9,13,16H,3,8H2,1-2H3,(H,17,18). The van der Waals surface area contributed by atoms with E-state index in [2.05, 4.69) is 28.3 Å². The molecule has 0 amide bonds. The first-order valence-corrected chi connectivity index (χ1v) is 6.56. The van der Waals surface area contributed by atoms with Crippen molar-refractivity contribution in [2.75, 3.05) is 0 Å². The summed E-state index contributed by atoms with van der Waals surface area (Å²) in [5.41, 5.74) is 3.40. The predicted molar refractivity (Wildman–Crippen MR) is 74.6 cm³/mol. The molecule has 0 aliphatic heterocycles. The largest absolute Gasteiger partial charge is 0.348 e. The van der Waals surface area contributed by atoms with Crippen molar-refractivity contribution in [1.82, 2.24) is 15.3 Å². The highest BCUT2D eigenvalue weighted by Crippen LogP contribution is 2.20. The highest BCUT2D eigenvalue weighted by atomic mass is 35.5. The quantitative estimate of drug-likeness (QED) is 0.865. The maximum atomic E-state index is 6.03. The minimum atomic E-state index is 0.305. The minimum Gasteiger partial charge on any atom is -0.348 e. The van der Waals surface area contributed by atoms with E-state index in [4.69, 9.17) is 11.6 Å². The summed E-state index contributed by atoms with van der Waals surface area (Å²) >= 11 is 6.03. The lowest BCUT2D eigenvalue weighted by Gasteiger charge is -2.17. The SMILES string of the molecule is CCC(NCc1nc[nH]c1C)c1cccc(Cl)c1. The van der Waals surface area contributed by atoms with Gasteiger partial charge in [-0.2, -0.15) is 0 Å². The first kappa shape index (κ1) is 13.1. The lowest BCUT2D eigenvalue weighted by molar-refractivity contribution is 0.514. The Morgan fingerprint density at radius 1 is 1.44 bits per heavy atom. The van der Waals surface area contributed by atoms with Gasteiger partial charge in [-0.1, -0.05) is 30.7 Å². The number of benzene rings is 1. The van der Waals surface area contributed by atoms with Crippen molar-refractivity contribution < 1.29 is 0 Å². The summed E-state index contributed by atoms with van der Waals surface area (Å²) in [6.07, 6.45) is 2.75. The fraction of sp³-hybridized carbons (Fsp3) is 0.357. The Hall–Kier alpha value is -1.32. The molecule has 18 heavy (non-hydrogen) atoms. The van der Waals surface area contributed by atoms with Crippen LogP contribution in [0.15, 0.2) is 30.6 Å². The Balaban J connectivity index is 2.04. The van der Waals surface area contributed by atoms with Crippen LogP contribution in [0.5, 0.6) is 0 Å². The van der Waals surface area contributed by atoms with E-state index >= 15 is 0 Å². The molecule has 2 N–H and O–H groups in total. The number of aromatic nitrogens is 2. The van der Waals surface area contributed by atoms with E-state index in [0.29, 0.717) is 6.04 Å². The average Bonchev–Trinajstić information content (AvgIpc) is 2.76.